The highest BCUT2D eigenvalue weighted by Crippen LogP contribution is 2.39. The van der Waals surface area contributed by atoms with Crippen molar-refractivity contribution in [2.45, 2.75) is 76.1 Å². The Labute approximate surface area is 144 Å². The fourth-order valence-corrected chi connectivity index (χ4v) is 5.09. The lowest BCUT2D eigenvalue weighted by Crippen LogP contribution is -2.47. The average molecular weight is 342 g/mol. The topological polar surface area (TPSA) is 70.2 Å². The van der Waals surface area contributed by atoms with Gasteiger partial charge in [0, 0.05) is 24.0 Å². The molecule has 0 aliphatic carbocycles. The zero-order valence-electron chi connectivity index (χ0n) is 14.6. The van der Waals surface area contributed by atoms with E-state index in [0.717, 1.165) is 38.0 Å². The molecule has 0 aromatic carbocycles. The van der Waals surface area contributed by atoms with E-state index in [2.05, 4.69) is 36.7 Å². The van der Waals surface area contributed by atoms with Crippen molar-refractivity contribution in [3.8, 4) is 0 Å². The summed E-state index contributed by atoms with van der Waals surface area (Å²) >= 11 is 1.94. The molecule has 5 nitrogen and oxygen atoms in total. The molecule has 0 saturated carbocycles. The Morgan fingerprint density at radius 3 is 2.91 bits per heavy atom. The van der Waals surface area contributed by atoms with Gasteiger partial charge in [0.15, 0.2) is 0 Å². The van der Waals surface area contributed by atoms with Crippen LogP contribution in [0.25, 0.3) is 0 Å². The third kappa shape index (κ3) is 5.30. The number of urea groups is 1. The predicted molar refractivity (Wildman–Crippen MR) is 95.7 cm³/mol. The summed E-state index contributed by atoms with van der Waals surface area (Å²) in [6, 6.07) is 0.188. The lowest BCUT2D eigenvalue weighted by atomic mass is 9.92. The number of hydrogen-bond donors (Lipinski definition) is 3. The summed E-state index contributed by atoms with van der Waals surface area (Å²) in [4.78, 5) is 23.3. The highest BCUT2D eigenvalue weighted by Gasteiger charge is 2.51. The van der Waals surface area contributed by atoms with Gasteiger partial charge in [-0.1, -0.05) is 20.3 Å². The van der Waals surface area contributed by atoms with Crippen molar-refractivity contribution in [2.75, 3.05) is 12.3 Å². The van der Waals surface area contributed by atoms with Crippen molar-refractivity contribution < 1.29 is 9.59 Å². The summed E-state index contributed by atoms with van der Waals surface area (Å²) in [6.07, 6.45) is 5.88. The maximum atomic E-state index is 11.8. The molecule has 0 bridgehead atoms. The lowest BCUT2D eigenvalue weighted by Gasteiger charge is -2.23. The normalized spacial score (nSPS) is 29.3. The van der Waals surface area contributed by atoms with Crippen LogP contribution in [-0.4, -0.2) is 41.1 Å². The van der Waals surface area contributed by atoms with Gasteiger partial charge in [0.2, 0.25) is 5.91 Å². The molecule has 0 aromatic heterocycles. The van der Waals surface area contributed by atoms with Gasteiger partial charge in [0.1, 0.15) is 0 Å². The minimum atomic E-state index is -0.0970. The molecular formula is C17H31N3O2S. The Hall–Kier alpha value is -0.910. The standard InChI is InChI=1S/C17H31N3O2S/c1-12(2)7-6-10-18-14(21)9-5-4-8-13-15-17(3,11-23-13)20-16(22)19-15/h12-13,15H,4-11H2,1-3H3,(H,18,21)(H2,19,20,22)/t13?,15-,17+/m1/s1. The van der Waals surface area contributed by atoms with Gasteiger partial charge < -0.3 is 16.0 Å². The molecule has 0 spiro atoms. The lowest BCUT2D eigenvalue weighted by molar-refractivity contribution is -0.121. The van der Waals surface area contributed by atoms with Gasteiger partial charge >= 0.3 is 6.03 Å². The van der Waals surface area contributed by atoms with Crippen molar-refractivity contribution in [1.29, 1.82) is 0 Å². The molecule has 6 heteroatoms. The van der Waals surface area contributed by atoms with Crippen LogP contribution in [0.15, 0.2) is 0 Å². The van der Waals surface area contributed by atoms with Crippen molar-refractivity contribution in [3.05, 3.63) is 0 Å². The zero-order valence-corrected chi connectivity index (χ0v) is 15.4. The summed E-state index contributed by atoms with van der Waals surface area (Å²) in [5.74, 6) is 1.85. The first kappa shape index (κ1) is 18.4. The molecular weight excluding hydrogens is 310 g/mol. The van der Waals surface area contributed by atoms with E-state index in [-0.39, 0.29) is 23.5 Å². The van der Waals surface area contributed by atoms with E-state index in [0.29, 0.717) is 17.6 Å². The Kier molecular flexibility index (Phi) is 6.62. The number of carbonyl (C=O) groups is 2. The van der Waals surface area contributed by atoms with Crippen LogP contribution >= 0.6 is 11.8 Å². The molecule has 1 unspecified atom stereocenters. The number of nitrogens with one attached hydrogen (secondary N) is 3. The largest absolute Gasteiger partial charge is 0.356 e. The number of unbranched alkanes of at least 4 members (excludes halogenated alkanes) is 1. The molecule has 3 amide bonds. The first-order chi connectivity index (χ1) is 10.9. The summed E-state index contributed by atoms with van der Waals surface area (Å²) in [7, 11) is 0. The minimum absolute atomic E-state index is 0.0384. The van der Waals surface area contributed by atoms with Crippen molar-refractivity contribution in [2.24, 2.45) is 5.92 Å². The van der Waals surface area contributed by atoms with Gasteiger partial charge in [-0.2, -0.15) is 11.8 Å². The fourth-order valence-electron chi connectivity index (χ4n) is 3.39. The highest BCUT2D eigenvalue weighted by molar-refractivity contribution is 8.00. The second kappa shape index (κ2) is 8.27. The molecule has 2 aliphatic heterocycles. The summed E-state index contributed by atoms with van der Waals surface area (Å²) in [6.45, 7) is 7.33. The maximum absolute atomic E-state index is 11.8. The highest BCUT2D eigenvalue weighted by atomic mass is 32.2. The van der Waals surface area contributed by atoms with Crippen LogP contribution in [0.2, 0.25) is 0 Å². The van der Waals surface area contributed by atoms with E-state index in [9.17, 15) is 9.59 Å². The maximum Gasteiger partial charge on any atom is 0.315 e. The van der Waals surface area contributed by atoms with Crippen LogP contribution < -0.4 is 16.0 Å². The Morgan fingerprint density at radius 1 is 1.39 bits per heavy atom. The van der Waals surface area contributed by atoms with Crippen LogP contribution in [0.3, 0.4) is 0 Å². The van der Waals surface area contributed by atoms with E-state index < -0.39 is 0 Å². The fraction of sp³-hybridized carbons (Fsp3) is 0.882. The Morgan fingerprint density at radius 2 is 2.17 bits per heavy atom. The molecule has 3 N–H and O–H groups in total. The molecule has 3 atom stereocenters. The summed E-state index contributed by atoms with van der Waals surface area (Å²) < 4.78 is 0. The van der Waals surface area contributed by atoms with Gasteiger partial charge in [-0.05, 0) is 38.5 Å². The van der Waals surface area contributed by atoms with Crippen LogP contribution in [0.1, 0.15) is 59.3 Å². The SMILES string of the molecule is CC(C)CCCNC(=O)CCCCC1SC[C@]2(C)NC(=O)N[C@H]12. The number of amides is 3. The van der Waals surface area contributed by atoms with Crippen molar-refractivity contribution in [3.63, 3.8) is 0 Å². The molecule has 2 saturated heterocycles. The molecule has 2 fully saturated rings. The smallest absolute Gasteiger partial charge is 0.315 e. The Balaban J connectivity index is 1.56. The van der Waals surface area contributed by atoms with Crippen molar-refractivity contribution in [1.82, 2.24) is 16.0 Å². The molecule has 0 aromatic rings. The molecule has 132 valence electrons. The van der Waals surface area contributed by atoms with Crippen LogP contribution in [-0.2, 0) is 4.79 Å². The van der Waals surface area contributed by atoms with Crippen LogP contribution in [0, 0.1) is 5.92 Å². The predicted octanol–water partition coefficient (Wildman–Crippen LogP) is 2.65. The number of fused-ring (bicyclic) bond motifs is 1. The zero-order chi connectivity index (χ0) is 16.9. The van der Waals surface area contributed by atoms with Crippen LogP contribution in [0.5, 0.6) is 0 Å². The number of rotatable bonds is 9. The van der Waals surface area contributed by atoms with Crippen molar-refractivity contribution >= 4 is 23.7 Å². The minimum Gasteiger partial charge on any atom is -0.356 e. The number of hydrogen-bond acceptors (Lipinski definition) is 3. The number of thioether (sulfide) groups is 1. The van der Waals surface area contributed by atoms with E-state index in [4.69, 9.17) is 0 Å². The van der Waals surface area contributed by atoms with Gasteiger partial charge in [-0.3, -0.25) is 4.79 Å². The Bertz CT molecular complexity index is 430. The van der Waals surface area contributed by atoms with E-state index in [1.165, 1.54) is 6.42 Å². The number of carbonyl (C=O) groups excluding carboxylic acids is 2. The summed E-state index contributed by atoms with van der Waals surface area (Å²) in [5, 5.41) is 9.55. The monoisotopic (exact) mass is 341 g/mol. The molecule has 2 heterocycles. The van der Waals surface area contributed by atoms with Gasteiger partial charge in [-0.15, -0.1) is 0 Å². The third-order valence-corrected chi connectivity index (χ3v) is 6.47. The van der Waals surface area contributed by atoms with Gasteiger partial charge in [0.05, 0.1) is 11.6 Å². The third-order valence-electron chi connectivity index (χ3n) is 4.76. The van der Waals surface area contributed by atoms with E-state index in [1.54, 1.807) is 0 Å². The second-order valence-corrected chi connectivity index (χ2v) is 8.70. The first-order valence-corrected chi connectivity index (χ1v) is 9.92. The molecule has 2 rings (SSSR count). The molecule has 2 aliphatic rings. The summed E-state index contributed by atoms with van der Waals surface area (Å²) in [5.41, 5.74) is -0.0970. The van der Waals surface area contributed by atoms with Gasteiger partial charge in [-0.25, -0.2) is 4.79 Å². The quantitative estimate of drug-likeness (QED) is 0.446. The first-order valence-electron chi connectivity index (χ1n) is 8.88. The van der Waals surface area contributed by atoms with E-state index in [1.807, 2.05) is 11.8 Å². The molecule has 0 radical (unpaired) electrons. The van der Waals surface area contributed by atoms with Crippen LogP contribution in [0.4, 0.5) is 4.79 Å². The second-order valence-electron chi connectivity index (χ2n) is 7.47. The molecule has 23 heavy (non-hydrogen) atoms. The van der Waals surface area contributed by atoms with Gasteiger partial charge in [0.25, 0.3) is 0 Å². The van der Waals surface area contributed by atoms with E-state index >= 15 is 0 Å². The average Bonchev–Trinajstić information content (AvgIpc) is 2.92.